The molecule has 0 aliphatic heterocycles. The topological polar surface area (TPSA) is 64.9 Å². The van der Waals surface area contributed by atoms with E-state index in [1.807, 2.05) is 13.0 Å². The molecule has 0 spiro atoms. The first-order chi connectivity index (χ1) is 6.18. The molecular weight excluding hydrogens is 162 g/mol. The van der Waals surface area contributed by atoms with Gasteiger partial charge in [-0.1, -0.05) is 0 Å². The van der Waals surface area contributed by atoms with Gasteiger partial charge in [-0.2, -0.15) is 0 Å². The third-order valence-electron chi connectivity index (χ3n) is 2.65. The molecule has 0 aromatic carbocycles. The number of nitrogens with zero attached hydrogens (tertiary/aromatic N) is 1. The van der Waals surface area contributed by atoms with Crippen molar-refractivity contribution < 1.29 is 0 Å². The van der Waals surface area contributed by atoms with Crippen molar-refractivity contribution in [1.29, 1.82) is 0 Å². The highest BCUT2D eigenvalue weighted by Gasteiger charge is 2.29. The van der Waals surface area contributed by atoms with Crippen LogP contribution < -0.4 is 11.5 Å². The van der Waals surface area contributed by atoms with Gasteiger partial charge < -0.3 is 11.5 Å². The van der Waals surface area contributed by atoms with Gasteiger partial charge in [0.1, 0.15) is 5.82 Å². The lowest BCUT2D eigenvalue weighted by Gasteiger charge is -2.11. The summed E-state index contributed by atoms with van der Waals surface area (Å²) in [5, 5.41) is 0. The molecular formula is C10H15N3. The fourth-order valence-electron chi connectivity index (χ4n) is 1.52. The summed E-state index contributed by atoms with van der Waals surface area (Å²) in [6.07, 6.45) is 4.31. The standard InChI is InChI=1S/C10H15N3/c1-6-4-8(5-13-10(6)12)9(11)7-2-3-7/h4-5,7,9H,2-3,11H2,1H3,(H2,12,13)/t9-/m1/s1. The van der Waals surface area contributed by atoms with Crippen LogP contribution in [-0.4, -0.2) is 4.98 Å². The molecule has 1 saturated carbocycles. The van der Waals surface area contributed by atoms with E-state index in [9.17, 15) is 0 Å². The van der Waals surface area contributed by atoms with Crippen LogP contribution in [0.3, 0.4) is 0 Å². The van der Waals surface area contributed by atoms with Gasteiger partial charge in [0.2, 0.25) is 0 Å². The number of hydrogen-bond acceptors (Lipinski definition) is 3. The van der Waals surface area contributed by atoms with Crippen LogP contribution in [0.5, 0.6) is 0 Å². The van der Waals surface area contributed by atoms with Crippen LogP contribution >= 0.6 is 0 Å². The largest absolute Gasteiger partial charge is 0.383 e. The maximum Gasteiger partial charge on any atom is 0.126 e. The SMILES string of the molecule is Cc1cc([C@H](N)C2CC2)cnc1N. The average Bonchev–Trinajstić information content (AvgIpc) is 2.91. The van der Waals surface area contributed by atoms with Crippen LogP contribution in [0.25, 0.3) is 0 Å². The van der Waals surface area contributed by atoms with Crippen molar-refractivity contribution in [3.8, 4) is 0 Å². The number of pyridine rings is 1. The Labute approximate surface area is 78.1 Å². The third kappa shape index (κ3) is 1.65. The first-order valence-electron chi connectivity index (χ1n) is 4.66. The van der Waals surface area contributed by atoms with Crippen molar-refractivity contribution in [3.63, 3.8) is 0 Å². The Morgan fingerprint density at radius 2 is 2.23 bits per heavy atom. The maximum atomic E-state index is 6.04. The quantitative estimate of drug-likeness (QED) is 0.717. The zero-order valence-corrected chi connectivity index (χ0v) is 7.83. The number of nitrogen functional groups attached to an aromatic ring is 1. The number of anilines is 1. The molecule has 3 heteroatoms. The van der Waals surface area contributed by atoms with Gasteiger partial charge in [0, 0.05) is 12.2 Å². The van der Waals surface area contributed by atoms with Gasteiger partial charge in [0.05, 0.1) is 0 Å². The maximum absolute atomic E-state index is 6.04. The zero-order valence-electron chi connectivity index (χ0n) is 7.83. The molecule has 13 heavy (non-hydrogen) atoms. The zero-order chi connectivity index (χ0) is 9.42. The van der Waals surface area contributed by atoms with Crippen molar-refractivity contribution >= 4 is 5.82 Å². The summed E-state index contributed by atoms with van der Waals surface area (Å²) < 4.78 is 0. The van der Waals surface area contributed by atoms with Crippen molar-refractivity contribution in [3.05, 3.63) is 23.4 Å². The Morgan fingerprint density at radius 3 is 2.77 bits per heavy atom. The minimum atomic E-state index is 0.159. The summed E-state index contributed by atoms with van der Waals surface area (Å²) in [6, 6.07) is 2.21. The first-order valence-corrected chi connectivity index (χ1v) is 4.66. The highest BCUT2D eigenvalue weighted by molar-refractivity contribution is 5.40. The molecule has 1 aromatic rings. The molecule has 1 fully saturated rings. The lowest BCUT2D eigenvalue weighted by atomic mass is 10.0. The molecule has 4 N–H and O–H groups in total. The third-order valence-corrected chi connectivity index (χ3v) is 2.65. The van der Waals surface area contributed by atoms with E-state index < -0.39 is 0 Å². The number of aryl methyl sites for hydroxylation is 1. The predicted molar refractivity (Wildman–Crippen MR) is 53.0 cm³/mol. The van der Waals surface area contributed by atoms with Crippen LogP contribution in [0.15, 0.2) is 12.3 Å². The van der Waals surface area contributed by atoms with Gasteiger partial charge in [0.15, 0.2) is 0 Å². The Kier molecular flexibility index (Phi) is 1.96. The summed E-state index contributed by atoms with van der Waals surface area (Å²) in [5.41, 5.74) is 13.8. The van der Waals surface area contributed by atoms with E-state index in [2.05, 4.69) is 4.98 Å². The van der Waals surface area contributed by atoms with Crippen LogP contribution in [0.4, 0.5) is 5.82 Å². The van der Waals surface area contributed by atoms with E-state index in [1.165, 1.54) is 12.8 Å². The molecule has 1 aliphatic rings. The van der Waals surface area contributed by atoms with Gasteiger partial charge in [-0.3, -0.25) is 0 Å². The number of hydrogen-bond donors (Lipinski definition) is 2. The monoisotopic (exact) mass is 177 g/mol. The van der Waals surface area contributed by atoms with E-state index in [0.717, 1.165) is 11.1 Å². The summed E-state index contributed by atoms with van der Waals surface area (Å²) in [6.45, 7) is 1.96. The first kappa shape index (κ1) is 8.51. The van der Waals surface area contributed by atoms with Gasteiger partial charge in [-0.25, -0.2) is 4.98 Å². The fourth-order valence-corrected chi connectivity index (χ4v) is 1.52. The second-order valence-corrected chi connectivity index (χ2v) is 3.83. The normalized spacial score (nSPS) is 18.6. The van der Waals surface area contributed by atoms with Gasteiger partial charge in [-0.05, 0) is 42.9 Å². The van der Waals surface area contributed by atoms with E-state index in [0.29, 0.717) is 11.7 Å². The second-order valence-electron chi connectivity index (χ2n) is 3.83. The Balaban J connectivity index is 2.24. The van der Waals surface area contributed by atoms with Crippen LogP contribution in [0, 0.1) is 12.8 Å². The van der Waals surface area contributed by atoms with Crippen LogP contribution in [-0.2, 0) is 0 Å². The fraction of sp³-hybridized carbons (Fsp3) is 0.500. The molecule has 3 nitrogen and oxygen atoms in total. The van der Waals surface area contributed by atoms with Crippen molar-refractivity contribution in [2.24, 2.45) is 11.7 Å². The smallest absolute Gasteiger partial charge is 0.126 e. The molecule has 0 unspecified atom stereocenters. The van der Waals surface area contributed by atoms with Crippen molar-refractivity contribution in [2.75, 3.05) is 5.73 Å². The lowest BCUT2D eigenvalue weighted by Crippen LogP contribution is -2.13. The Morgan fingerprint density at radius 1 is 1.54 bits per heavy atom. The van der Waals surface area contributed by atoms with Crippen LogP contribution in [0.1, 0.15) is 30.0 Å². The molecule has 1 aromatic heterocycles. The minimum absolute atomic E-state index is 0.159. The van der Waals surface area contributed by atoms with E-state index >= 15 is 0 Å². The highest BCUT2D eigenvalue weighted by Crippen LogP contribution is 2.39. The molecule has 1 atom stereocenters. The molecule has 0 bridgehead atoms. The van der Waals surface area contributed by atoms with Gasteiger partial charge in [0.25, 0.3) is 0 Å². The minimum Gasteiger partial charge on any atom is -0.383 e. The summed E-state index contributed by atoms with van der Waals surface area (Å²) in [4.78, 5) is 4.11. The second kappa shape index (κ2) is 3.00. The summed E-state index contributed by atoms with van der Waals surface area (Å²) in [7, 11) is 0. The summed E-state index contributed by atoms with van der Waals surface area (Å²) in [5.74, 6) is 1.27. The van der Waals surface area contributed by atoms with Crippen molar-refractivity contribution in [1.82, 2.24) is 4.98 Å². The Bertz CT molecular complexity index is 318. The van der Waals surface area contributed by atoms with E-state index in [4.69, 9.17) is 11.5 Å². The molecule has 1 aliphatic carbocycles. The molecule has 0 radical (unpaired) electrons. The Hall–Kier alpha value is -1.09. The molecule has 0 amide bonds. The van der Waals surface area contributed by atoms with Crippen LogP contribution in [0.2, 0.25) is 0 Å². The predicted octanol–water partition coefficient (Wildman–Crippen LogP) is 1.38. The molecule has 1 heterocycles. The molecule has 2 rings (SSSR count). The van der Waals surface area contributed by atoms with E-state index in [-0.39, 0.29) is 6.04 Å². The van der Waals surface area contributed by atoms with Crippen molar-refractivity contribution in [2.45, 2.75) is 25.8 Å². The van der Waals surface area contributed by atoms with E-state index in [1.54, 1.807) is 6.20 Å². The lowest BCUT2D eigenvalue weighted by molar-refractivity contribution is 0.630. The average molecular weight is 177 g/mol. The van der Waals surface area contributed by atoms with Gasteiger partial charge in [-0.15, -0.1) is 0 Å². The number of nitrogens with two attached hydrogens (primary N) is 2. The summed E-state index contributed by atoms with van der Waals surface area (Å²) >= 11 is 0. The molecule has 70 valence electrons. The molecule has 0 saturated heterocycles. The highest BCUT2D eigenvalue weighted by atomic mass is 14.8. The van der Waals surface area contributed by atoms with Gasteiger partial charge >= 0.3 is 0 Å². The number of rotatable bonds is 2. The number of aromatic nitrogens is 1.